The molecule has 5 nitrogen and oxygen atoms in total. The smallest absolute Gasteiger partial charge is 0.337 e. The van der Waals surface area contributed by atoms with Crippen molar-refractivity contribution in [2.45, 2.75) is 45.8 Å². The predicted molar refractivity (Wildman–Crippen MR) is 64.6 cm³/mol. The van der Waals surface area contributed by atoms with Gasteiger partial charge in [-0.2, -0.15) is 18.2 Å². The highest BCUT2D eigenvalue weighted by atomic mass is 19.4. The van der Waals surface area contributed by atoms with Crippen LogP contribution in [0.4, 0.5) is 13.2 Å². The van der Waals surface area contributed by atoms with Crippen LogP contribution in [0.15, 0.2) is 4.52 Å². The fraction of sp³-hybridized carbons (Fsp3) is 0.750. The molecule has 20 heavy (non-hydrogen) atoms. The molecule has 1 amide bonds. The first-order valence-corrected chi connectivity index (χ1v) is 6.29. The molecule has 0 bridgehead atoms. The van der Waals surface area contributed by atoms with Gasteiger partial charge in [0, 0.05) is 19.9 Å². The first-order valence-electron chi connectivity index (χ1n) is 6.29. The Morgan fingerprint density at radius 3 is 2.60 bits per heavy atom. The normalized spacial score (nSPS) is 11.9. The molecule has 1 aromatic rings. The van der Waals surface area contributed by atoms with Crippen LogP contribution in [0.1, 0.15) is 38.4 Å². The molecule has 1 aromatic heterocycles. The summed E-state index contributed by atoms with van der Waals surface area (Å²) in [6.07, 6.45) is -5.38. The average molecular weight is 293 g/mol. The van der Waals surface area contributed by atoms with Crippen LogP contribution in [0, 0.1) is 5.92 Å². The topological polar surface area (TPSA) is 59.2 Å². The van der Waals surface area contributed by atoms with Crippen molar-refractivity contribution in [1.82, 2.24) is 15.0 Å². The van der Waals surface area contributed by atoms with E-state index in [2.05, 4.69) is 10.1 Å². The molecule has 0 aliphatic heterocycles. The number of hydrogen-bond donors (Lipinski definition) is 0. The van der Waals surface area contributed by atoms with E-state index in [4.69, 9.17) is 4.52 Å². The summed E-state index contributed by atoms with van der Waals surface area (Å²) in [5, 5.41) is 3.75. The molecule has 0 aliphatic rings. The Labute approximate surface area is 115 Å². The minimum absolute atomic E-state index is 0.0157. The maximum Gasteiger partial charge on any atom is 0.389 e. The van der Waals surface area contributed by atoms with Gasteiger partial charge in [-0.05, 0) is 5.92 Å². The summed E-state index contributed by atoms with van der Waals surface area (Å²) in [5.74, 6) is 0.521. The zero-order valence-corrected chi connectivity index (χ0v) is 11.7. The van der Waals surface area contributed by atoms with Crippen molar-refractivity contribution in [3.8, 4) is 0 Å². The maximum absolute atomic E-state index is 12.0. The van der Waals surface area contributed by atoms with Gasteiger partial charge >= 0.3 is 6.18 Å². The summed E-state index contributed by atoms with van der Waals surface area (Å²) in [4.78, 5) is 16.8. The van der Waals surface area contributed by atoms with E-state index >= 15 is 0 Å². The minimum Gasteiger partial charge on any atom is -0.337 e. The maximum atomic E-state index is 12.0. The van der Waals surface area contributed by atoms with E-state index in [1.165, 1.54) is 7.05 Å². The number of nitrogens with zero attached hydrogens (tertiary/aromatic N) is 3. The van der Waals surface area contributed by atoms with Crippen LogP contribution >= 0.6 is 0 Å². The Bertz CT molecular complexity index is 443. The third-order valence-electron chi connectivity index (χ3n) is 2.52. The van der Waals surface area contributed by atoms with Gasteiger partial charge in [-0.25, -0.2) is 0 Å². The van der Waals surface area contributed by atoms with Crippen molar-refractivity contribution >= 4 is 5.91 Å². The summed E-state index contributed by atoms with van der Waals surface area (Å²) in [5.41, 5.74) is 0. The summed E-state index contributed by atoms with van der Waals surface area (Å²) >= 11 is 0. The largest absolute Gasteiger partial charge is 0.389 e. The minimum atomic E-state index is -4.33. The van der Waals surface area contributed by atoms with E-state index in [1.807, 2.05) is 13.8 Å². The van der Waals surface area contributed by atoms with E-state index in [0.717, 1.165) is 4.90 Å². The molecule has 1 rings (SSSR count). The molecule has 0 spiro atoms. The number of aromatic nitrogens is 2. The van der Waals surface area contributed by atoms with Crippen LogP contribution in [0.2, 0.25) is 0 Å². The third kappa shape index (κ3) is 6.03. The molecule has 0 aromatic carbocycles. The monoisotopic (exact) mass is 293 g/mol. The fourth-order valence-corrected chi connectivity index (χ4v) is 1.53. The number of rotatable bonds is 6. The third-order valence-corrected chi connectivity index (χ3v) is 2.52. The van der Waals surface area contributed by atoms with Crippen LogP contribution < -0.4 is 0 Å². The Hall–Kier alpha value is -1.60. The highest BCUT2D eigenvalue weighted by molar-refractivity contribution is 5.75. The first-order chi connectivity index (χ1) is 9.17. The predicted octanol–water partition coefficient (Wildman–Crippen LogP) is 2.57. The van der Waals surface area contributed by atoms with Crippen LogP contribution in [0.25, 0.3) is 0 Å². The van der Waals surface area contributed by atoms with Crippen LogP contribution in [-0.2, 0) is 17.8 Å². The Morgan fingerprint density at radius 2 is 2.05 bits per heavy atom. The molecule has 0 atom stereocenters. The molecule has 0 unspecified atom stereocenters. The average Bonchev–Trinajstić information content (AvgIpc) is 2.71. The lowest BCUT2D eigenvalue weighted by Gasteiger charge is -2.15. The zero-order valence-electron chi connectivity index (χ0n) is 11.7. The van der Waals surface area contributed by atoms with Crippen molar-refractivity contribution in [1.29, 1.82) is 0 Å². The van der Waals surface area contributed by atoms with Gasteiger partial charge < -0.3 is 9.42 Å². The van der Waals surface area contributed by atoms with Gasteiger partial charge in [-0.3, -0.25) is 4.79 Å². The number of amides is 1. The molecule has 0 saturated carbocycles. The molecule has 0 fully saturated rings. The van der Waals surface area contributed by atoms with Crippen molar-refractivity contribution < 1.29 is 22.5 Å². The first kappa shape index (κ1) is 16.5. The molecular formula is C12H18F3N3O2. The van der Waals surface area contributed by atoms with Gasteiger partial charge in [-0.1, -0.05) is 19.0 Å². The van der Waals surface area contributed by atoms with Crippen molar-refractivity contribution in [2.24, 2.45) is 5.92 Å². The standard InChI is InChI=1S/C12H18F3N3O2/c1-8(2)6-9-16-10(20-17-9)7-18(3)11(19)4-5-12(13,14)15/h8H,4-7H2,1-3H3. The lowest BCUT2D eigenvalue weighted by molar-refractivity contribution is -0.148. The number of halogens is 3. The van der Waals surface area contributed by atoms with E-state index < -0.39 is 24.9 Å². The van der Waals surface area contributed by atoms with E-state index in [1.54, 1.807) is 0 Å². The molecule has 0 N–H and O–H groups in total. The van der Waals surface area contributed by atoms with Gasteiger partial charge in [0.2, 0.25) is 11.8 Å². The summed E-state index contributed by atoms with van der Waals surface area (Å²) in [6.45, 7) is 4.02. The van der Waals surface area contributed by atoms with Gasteiger partial charge in [-0.15, -0.1) is 0 Å². The van der Waals surface area contributed by atoms with Crippen molar-refractivity contribution in [3.05, 3.63) is 11.7 Å². The molecule has 8 heteroatoms. The summed E-state index contributed by atoms with van der Waals surface area (Å²) < 4.78 is 41.0. The summed E-state index contributed by atoms with van der Waals surface area (Å²) in [6, 6.07) is 0. The van der Waals surface area contributed by atoms with Gasteiger partial charge in [0.25, 0.3) is 0 Å². The van der Waals surface area contributed by atoms with Gasteiger partial charge in [0.15, 0.2) is 5.82 Å². The quantitative estimate of drug-likeness (QED) is 0.809. The number of hydrogen-bond acceptors (Lipinski definition) is 4. The molecule has 0 aliphatic carbocycles. The Balaban J connectivity index is 2.47. The molecule has 0 saturated heterocycles. The van der Waals surface area contributed by atoms with E-state index in [9.17, 15) is 18.0 Å². The zero-order chi connectivity index (χ0) is 15.3. The van der Waals surface area contributed by atoms with Crippen LogP contribution in [0.5, 0.6) is 0 Å². The second-order valence-corrected chi connectivity index (χ2v) is 5.07. The van der Waals surface area contributed by atoms with E-state index in [0.29, 0.717) is 18.2 Å². The second kappa shape index (κ2) is 6.71. The lowest BCUT2D eigenvalue weighted by Crippen LogP contribution is -2.27. The molecule has 0 radical (unpaired) electrons. The van der Waals surface area contributed by atoms with Gasteiger partial charge in [0.1, 0.15) is 0 Å². The fourth-order valence-electron chi connectivity index (χ4n) is 1.53. The van der Waals surface area contributed by atoms with Crippen molar-refractivity contribution in [3.63, 3.8) is 0 Å². The second-order valence-electron chi connectivity index (χ2n) is 5.07. The van der Waals surface area contributed by atoms with Crippen molar-refractivity contribution in [2.75, 3.05) is 7.05 Å². The number of alkyl halides is 3. The summed E-state index contributed by atoms with van der Waals surface area (Å²) in [7, 11) is 1.41. The molecule has 1 heterocycles. The molecular weight excluding hydrogens is 275 g/mol. The SMILES string of the molecule is CC(C)Cc1noc(CN(C)C(=O)CCC(F)(F)F)n1. The Morgan fingerprint density at radius 1 is 1.40 bits per heavy atom. The molecule has 114 valence electrons. The van der Waals surface area contributed by atoms with Crippen LogP contribution in [-0.4, -0.2) is 34.2 Å². The van der Waals surface area contributed by atoms with Crippen LogP contribution in [0.3, 0.4) is 0 Å². The highest BCUT2D eigenvalue weighted by Gasteiger charge is 2.28. The number of carbonyl (C=O) groups is 1. The lowest BCUT2D eigenvalue weighted by atomic mass is 10.1. The van der Waals surface area contributed by atoms with E-state index in [-0.39, 0.29) is 12.4 Å². The van der Waals surface area contributed by atoms with Gasteiger partial charge in [0.05, 0.1) is 13.0 Å². The Kier molecular flexibility index (Phi) is 5.52. The number of carbonyl (C=O) groups excluding carboxylic acids is 1. The highest BCUT2D eigenvalue weighted by Crippen LogP contribution is 2.21.